The Morgan fingerprint density at radius 3 is 2.85 bits per heavy atom. The van der Waals surface area contributed by atoms with E-state index in [4.69, 9.17) is 9.40 Å². The molecule has 0 aliphatic carbocycles. The topological polar surface area (TPSA) is 73.8 Å². The van der Waals surface area contributed by atoms with Crippen LogP contribution in [0.2, 0.25) is 0 Å². The van der Waals surface area contributed by atoms with Gasteiger partial charge in [0, 0.05) is 6.54 Å². The zero-order valence-electron chi connectivity index (χ0n) is 15.0. The molecule has 3 aromatic heterocycles. The zero-order chi connectivity index (χ0) is 18.8. The van der Waals surface area contributed by atoms with Crippen LogP contribution in [0.25, 0.3) is 21.7 Å². The number of hydrogen-bond donors (Lipinski definition) is 0. The van der Waals surface area contributed by atoms with E-state index in [0.29, 0.717) is 34.4 Å². The molecule has 0 aliphatic rings. The molecule has 0 spiro atoms. The molecule has 3 heterocycles. The normalized spacial score (nSPS) is 12.5. The number of fused-ring (bicyclic) bond motifs is 1. The van der Waals surface area contributed by atoms with E-state index in [1.807, 2.05) is 55.6 Å². The van der Waals surface area contributed by atoms with Gasteiger partial charge in [0.05, 0.1) is 21.0 Å². The van der Waals surface area contributed by atoms with Crippen molar-refractivity contribution in [1.29, 1.82) is 0 Å². The van der Waals surface area contributed by atoms with E-state index in [0.717, 1.165) is 11.3 Å². The third-order valence-corrected chi connectivity index (χ3v) is 6.01. The van der Waals surface area contributed by atoms with Crippen LogP contribution in [-0.4, -0.2) is 19.7 Å². The second kappa shape index (κ2) is 7.66. The van der Waals surface area contributed by atoms with Gasteiger partial charge in [-0.1, -0.05) is 36.9 Å². The zero-order valence-corrected chi connectivity index (χ0v) is 16.6. The Hall–Kier alpha value is -2.45. The summed E-state index contributed by atoms with van der Waals surface area (Å²) in [5, 5.41) is 11.5. The van der Waals surface area contributed by atoms with E-state index in [-0.39, 0.29) is 10.8 Å². The second-order valence-electron chi connectivity index (χ2n) is 6.05. The average Bonchev–Trinajstić information content (AvgIpc) is 3.36. The first-order valence-electron chi connectivity index (χ1n) is 8.71. The molecule has 0 saturated heterocycles. The third kappa shape index (κ3) is 3.54. The first-order chi connectivity index (χ1) is 13.2. The van der Waals surface area contributed by atoms with Crippen LogP contribution in [0.4, 0.5) is 0 Å². The molecule has 0 N–H and O–H groups in total. The largest absolute Gasteiger partial charge is 0.419 e. The van der Waals surface area contributed by atoms with Crippen LogP contribution >= 0.6 is 23.1 Å². The Labute approximate surface area is 164 Å². The van der Waals surface area contributed by atoms with E-state index in [2.05, 4.69) is 10.2 Å². The summed E-state index contributed by atoms with van der Waals surface area (Å²) in [5.74, 6) is 1.04. The minimum atomic E-state index is -0.123. The number of aromatic nitrogens is 4. The number of benzene rings is 1. The van der Waals surface area contributed by atoms with E-state index >= 15 is 0 Å². The molecule has 0 bridgehead atoms. The fourth-order valence-electron chi connectivity index (χ4n) is 2.77. The van der Waals surface area contributed by atoms with Gasteiger partial charge in [0.1, 0.15) is 0 Å². The van der Waals surface area contributed by atoms with Gasteiger partial charge < -0.3 is 4.42 Å². The summed E-state index contributed by atoms with van der Waals surface area (Å²) in [5.41, 5.74) is 0.691. The van der Waals surface area contributed by atoms with Gasteiger partial charge in [-0.2, -0.15) is 0 Å². The fourth-order valence-corrected chi connectivity index (χ4v) is 4.37. The Morgan fingerprint density at radius 2 is 2.07 bits per heavy atom. The van der Waals surface area contributed by atoms with E-state index in [9.17, 15) is 4.79 Å². The summed E-state index contributed by atoms with van der Waals surface area (Å²) in [4.78, 5) is 18.5. The summed E-state index contributed by atoms with van der Waals surface area (Å²) in [6.45, 7) is 4.65. The average molecular weight is 399 g/mol. The molecule has 0 radical (unpaired) electrons. The lowest BCUT2D eigenvalue weighted by atomic mass is 10.2. The summed E-state index contributed by atoms with van der Waals surface area (Å²) < 4.78 is 7.57. The van der Waals surface area contributed by atoms with Gasteiger partial charge in [-0.3, -0.25) is 9.36 Å². The number of para-hydroxylation sites is 1. The maximum Gasteiger partial charge on any atom is 0.262 e. The smallest absolute Gasteiger partial charge is 0.262 e. The molecule has 27 heavy (non-hydrogen) atoms. The standard InChI is InChI=1S/C19H18N4O2S2/c1-3-10-23-18(24)13-7-4-5-8-14(13)20-19(23)27-12(2)16-21-22-17(25-16)15-9-6-11-26-15/h4-9,11-12H,3,10H2,1-2H3. The summed E-state index contributed by atoms with van der Waals surface area (Å²) in [6, 6.07) is 11.3. The molecule has 138 valence electrons. The molecule has 0 amide bonds. The van der Waals surface area contributed by atoms with Crippen molar-refractivity contribution >= 4 is 34.0 Å². The summed E-state index contributed by atoms with van der Waals surface area (Å²) in [7, 11) is 0. The second-order valence-corrected chi connectivity index (χ2v) is 8.31. The Kier molecular flexibility index (Phi) is 5.09. The predicted molar refractivity (Wildman–Crippen MR) is 108 cm³/mol. The highest BCUT2D eigenvalue weighted by Crippen LogP contribution is 2.35. The van der Waals surface area contributed by atoms with Crippen LogP contribution < -0.4 is 5.56 Å². The summed E-state index contributed by atoms with van der Waals surface area (Å²) >= 11 is 3.02. The van der Waals surface area contributed by atoms with Gasteiger partial charge in [-0.25, -0.2) is 4.98 Å². The molecular formula is C19H18N4O2S2. The van der Waals surface area contributed by atoms with E-state index < -0.39 is 0 Å². The van der Waals surface area contributed by atoms with Gasteiger partial charge in [-0.05, 0) is 36.9 Å². The molecule has 4 aromatic rings. The quantitative estimate of drug-likeness (QED) is 0.344. The molecule has 4 rings (SSSR count). The van der Waals surface area contributed by atoms with Crippen LogP contribution in [0.1, 0.15) is 31.4 Å². The van der Waals surface area contributed by atoms with Crippen molar-refractivity contribution in [3.05, 3.63) is 58.0 Å². The van der Waals surface area contributed by atoms with Crippen molar-refractivity contribution in [3.63, 3.8) is 0 Å². The molecule has 0 fully saturated rings. The molecule has 0 saturated carbocycles. The van der Waals surface area contributed by atoms with Crippen LogP contribution in [0.5, 0.6) is 0 Å². The minimum absolute atomic E-state index is 0.0121. The lowest BCUT2D eigenvalue weighted by molar-refractivity contribution is 0.508. The van der Waals surface area contributed by atoms with Gasteiger partial charge in [0.25, 0.3) is 11.4 Å². The van der Waals surface area contributed by atoms with Gasteiger partial charge >= 0.3 is 0 Å². The van der Waals surface area contributed by atoms with Crippen molar-refractivity contribution in [2.24, 2.45) is 0 Å². The van der Waals surface area contributed by atoms with Crippen molar-refractivity contribution < 1.29 is 4.42 Å². The van der Waals surface area contributed by atoms with Crippen molar-refractivity contribution in [2.75, 3.05) is 0 Å². The lowest BCUT2D eigenvalue weighted by Gasteiger charge is -2.14. The lowest BCUT2D eigenvalue weighted by Crippen LogP contribution is -2.23. The number of nitrogens with zero attached hydrogens (tertiary/aromatic N) is 4. The Morgan fingerprint density at radius 1 is 1.22 bits per heavy atom. The molecular weight excluding hydrogens is 380 g/mol. The van der Waals surface area contributed by atoms with Gasteiger partial charge in [0.2, 0.25) is 5.89 Å². The number of thiophene rings is 1. The molecule has 1 unspecified atom stereocenters. The summed E-state index contributed by atoms with van der Waals surface area (Å²) in [6.07, 6.45) is 0.852. The van der Waals surface area contributed by atoms with Crippen LogP contribution in [0.15, 0.2) is 56.1 Å². The van der Waals surface area contributed by atoms with Crippen molar-refractivity contribution in [1.82, 2.24) is 19.7 Å². The highest BCUT2D eigenvalue weighted by atomic mass is 32.2. The number of thioether (sulfide) groups is 1. The van der Waals surface area contributed by atoms with Crippen LogP contribution in [0.3, 0.4) is 0 Å². The molecule has 1 atom stereocenters. The maximum absolute atomic E-state index is 12.9. The van der Waals surface area contributed by atoms with Crippen LogP contribution in [0, 0.1) is 0 Å². The minimum Gasteiger partial charge on any atom is -0.419 e. The highest BCUT2D eigenvalue weighted by Gasteiger charge is 2.20. The van der Waals surface area contributed by atoms with E-state index in [1.54, 1.807) is 15.9 Å². The SMILES string of the molecule is CCCn1c(SC(C)c2nnc(-c3cccs3)o2)nc2ccccc2c1=O. The maximum atomic E-state index is 12.9. The first-order valence-corrected chi connectivity index (χ1v) is 10.5. The van der Waals surface area contributed by atoms with Crippen molar-refractivity contribution in [2.45, 2.75) is 37.2 Å². The number of rotatable bonds is 6. The number of hydrogen-bond acceptors (Lipinski definition) is 7. The molecule has 1 aromatic carbocycles. The first kappa shape index (κ1) is 17.9. The molecule has 0 aliphatic heterocycles. The highest BCUT2D eigenvalue weighted by molar-refractivity contribution is 7.99. The molecule has 6 nitrogen and oxygen atoms in total. The van der Waals surface area contributed by atoms with Gasteiger partial charge in [-0.15, -0.1) is 21.5 Å². The fraction of sp³-hybridized carbons (Fsp3) is 0.263. The third-order valence-electron chi connectivity index (χ3n) is 4.08. The van der Waals surface area contributed by atoms with Gasteiger partial charge in [0.15, 0.2) is 5.16 Å². The Bertz CT molecular complexity index is 1120. The monoisotopic (exact) mass is 398 g/mol. The predicted octanol–water partition coefficient (Wildman–Crippen LogP) is 4.77. The Balaban J connectivity index is 1.68. The van der Waals surface area contributed by atoms with E-state index in [1.165, 1.54) is 11.8 Å². The van der Waals surface area contributed by atoms with Crippen LogP contribution in [-0.2, 0) is 6.54 Å². The van der Waals surface area contributed by atoms with Crippen molar-refractivity contribution in [3.8, 4) is 10.8 Å². The molecule has 8 heteroatoms.